The highest BCUT2D eigenvalue weighted by atomic mass is 79.9. The average molecular weight is 325 g/mol. The van der Waals surface area contributed by atoms with E-state index in [1.807, 2.05) is 0 Å². The summed E-state index contributed by atoms with van der Waals surface area (Å²) < 4.78 is 15.1. The molecule has 0 radical (unpaired) electrons. The summed E-state index contributed by atoms with van der Waals surface area (Å²) in [6.07, 6.45) is 0. The van der Waals surface area contributed by atoms with Crippen molar-refractivity contribution in [1.82, 2.24) is 0 Å². The minimum atomic E-state index is -0.614. The number of methoxy groups -OCH3 is 1. The lowest BCUT2D eigenvalue weighted by atomic mass is 10.2. The zero-order valence-corrected chi connectivity index (χ0v) is 11.5. The number of hydrogen-bond donors (Lipinski definition) is 0. The van der Waals surface area contributed by atoms with Gasteiger partial charge in [-0.15, -0.1) is 0 Å². The van der Waals surface area contributed by atoms with Gasteiger partial charge in [0.25, 0.3) is 0 Å². The van der Waals surface area contributed by atoms with E-state index in [0.29, 0.717) is 16.0 Å². The summed E-state index contributed by atoms with van der Waals surface area (Å²) in [7, 11) is 1.30. The molecule has 0 bridgehead atoms. The van der Waals surface area contributed by atoms with Crippen LogP contribution in [0.25, 0.3) is 0 Å². The zero-order chi connectivity index (χ0) is 13.8. The Balaban J connectivity index is 2.07. The molecule has 1 aromatic carbocycles. The van der Waals surface area contributed by atoms with Crippen molar-refractivity contribution in [2.75, 3.05) is 7.11 Å². The minimum Gasteiger partial charge on any atom is -0.465 e. The third-order valence-corrected chi connectivity index (χ3v) is 2.69. The van der Waals surface area contributed by atoms with E-state index < -0.39 is 11.9 Å². The molecule has 2 aromatic rings. The maximum Gasteiger partial charge on any atom is 0.379 e. The molecule has 5 nitrogen and oxygen atoms in total. The number of benzene rings is 1. The van der Waals surface area contributed by atoms with Crippen LogP contribution in [0.1, 0.15) is 20.9 Å². The quantitative estimate of drug-likeness (QED) is 0.641. The van der Waals surface area contributed by atoms with Crippen LogP contribution in [0.15, 0.2) is 45.5 Å². The normalized spacial score (nSPS) is 10.0. The van der Waals surface area contributed by atoms with Gasteiger partial charge in [-0.05, 0) is 52.3 Å². The number of furan rings is 1. The predicted octanol–water partition coefficient (Wildman–Crippen LogP) is 3.05. The lowest BCUT2D eigenvalue weighted by molar-refractivity contribution is 0.0600. The molecule has 19 heavy (non-hydrogen) atoms. The summed E-state index contributed by atoms with van der Waals surface area (Å²) in [5.41, 5.74) is 0.378. The van der Waals surface area contributed by atoms with Crippen molar-refractivity contribution in [3.63, 3.8) is 0 Å². The van der Waals surface area contributed by atoms with E-state index in [-0.39, 0.29) is 5.76 Å². The van der Waals surface area contributed by atoms with Crippen molar-refractivity contribution in [3.8, 4) is 5.75 Å². The predicted molar refractivity (Wildman–Crippen MR) is 69.1 cm³/mol. The molecule has 1 aromatic heterocycles. The van der Waals surface area contributed by atoms with Crippen LogP contribution in [0.4, 0.5) is 0 Å². The molecular weight excluding hydrogens is 316 g/mol. The van der Waals surface area contributed by atoms with Crippen LogP contribution in [0, 0.1) is 0 Å². The topological polar surface area (TPSA) is 65.7 Å². The molecule has 2 rings (SSSR count). The Hall–Kier alpha value is -2.08. The van der Waals surface area contributed by atoms with Crippen molar-refractivity contribution < 1.29 is 23.5 Å². The third-order valence-electron chi connectivity index (χ3n) is 2.26. The van der Waals surface area contributed by atoms with Gasteiger partial charge in [0.1, 0.15) is 5.75 Å². The fraction of sp³-hybridized carbons (Fsp3) is 0.0769. The summed E-state index contributed by atoms with van der Waals surface area (Å²) >= 11 is 3.09. The highest BCUT2D eigenvalue weighted by molar-refractivity contribution is 9.10. The zero-order valence-electron chi connectivity index (χ0n) is 9.88. The fourth-order valence-corrected chi connectivity index (χ4v) is 1.66. The van der Waals surface area contributed by atoms with Crippen molar-refractivity contribution in [1.29, 1.82) is 0 Å². The molecule has 0 saturated carbocycles. The number of rotatable bonds is 3. The van der Waals surface area contributed by atoms with Gasteiger partial charge >= 0.3 is 11.9 Å². The summed E-state index contributed by atoms with van der Waals surface area (Å²) in [5.74, 6) is -0.668. The van der Waals surface area contributed by atoms with Crippen molar-refractivity contribution in [2.45, 2.75) is 0 Å². The molecule has 0 aliphatic carbocycles. The van der Waals surface area contributed by atoms with Crippen LogP contribution in [0.5, 0.6) is 5.75 Å². The van der Waals surface area contributed by atoms with Gasteiger partial charge in [0.15, 0.2) is 4.67 Å². The first-order valence-corrected chi connectivity index (χ1v) is 6.05. The van der Waals surface area contributed by atoms with E-state index >= 15 is 0 Å². The smallest absolute Gasteiger partial charge is 0.379 e. The number of carbonyl (C=O) groups excluding carboxylic acids is 2. The van der Waals surface area contributed by atoms with Crippen molar-refractivity contribution >= 4 is 27.9 Å². The Morgan fingerprint density at radius 1 is 1.05 bits per heavy atom. The lowest BCUT2D eigenvalue weighted by Crippen LogP contribution is -2.07. The van der Waals surface area contributed by atoms with Crippen LogP contribution in [0.2, 0.25) is 0 Å². The molecule has 0 aliphatic heterocycles. The lowest BCUT2D eigenvalue weighted by Gasteiger charge is -2.03. The molecule has 0 unspecified atom stereocenters. The summed E-state index contributed by atoms with van der Waals surface area (Å²) in [6, 6.07) is 9.11. The molecule has 0 spiro atoms. The van der Waals surface area contributed by atoms with Crippen LogP contribution in [-0.2, 0) is 4.74 Å². The second-order valence-electron chi connectivity index (χ2n) is 3.51. The average Bonchev–Trinajstić information content (AvgIpc) is 2.85. The number of carbonyl (C=O) groups is 2. The van der Waals surface area contributed by atoms with E-state index in [4.69, 9.17) is 9.15 Å². The maximum absolute atomic E-state index is 11.7. The number of ether oxygens (including phenoxy) is 2. The van der Waals surface area contributed by atoms with Crippen molar-refractivity contribution in [3.05, 3.63) is 52.4 Å². The van der Waals surface area contributed by atoms with Crippen LogP contribution in [0.3, 0.4) is 0 Å². The molecule has 6 heteroatoms. The first-order chi connectivity index (χ1) is 9.10. The monoisotopic (exact) mass is 324 g/mol. The van der Waals surface area contributed by atoms with Crippen LogP contribution in [-0.4, -0.2) is 19.0 Å². The number of esters is 2. The van der Waals surface area contributed by atoms with E-state index in [2.05, 4.69) is 20.7 Å². The van der Waals surface area contributed by atoms with Gasteiger partial charge in [-0.2, -0.15) is 0 Å². The van der Waals surface area contributed by atoms with E-state index in [9.17, 15) is 9.59 Å². The van der Waals surface area contributed by atoms with E-state index in [1.165, 1.54) is 37.4 Å². The first-order valence-electron chi connectivity index (χ1n) is 5.26. The highest BCUT2D eigenvalue weighted by Crippen LogP contribution is 2.18. The third kappa shape index (κ3) is 3.23. The van der Waals surface area contributed by atoms with Crippen LogP contribution >= 0.6 is 15.9 Å². The molecule has 0 aliphatic rings. The van der Waals surface area contributed by atoms with Crippen molar-refractivity contribution in [2.24, 2.45) is 0 Å². The maximum atomic E-state index is 11.7. The molecule has 0 fully saturated rings. The Kier molecular flexibility index (Phi) is 4.01. The van der Waals surface area contributed by atoms with Crippen LogP contribution < -0.4 is 4.74 Å². The first kappa shape index (κ1) is 13.4. The Morgan fingerprint density at radius 2 is 1.74 bits per heavy atom. The SMILES string of the molecule is COC(=O)c1ccc(OC(=O)c2ccc(Br)o2)cc1. The molecule has 1 heterocycles. The van der Waals surface area contributed by atoms with E-state index in [1.54, 1.807) is 6.07 Å². The molecule has 0 saturated heterocycles. The van der Waals surface area contributed by atoms with Gasteiger partial charge in [0, 0.05) is 0 Å². The summed E-state index contributed by atoms with van der Waals surface area (Å²) in [5, 5.41) is 0. The van der Waals surface area contributed by atoms with Gasteiger partial charge in [-0.25, -0.2) is 9.59 Å². The standard InChI is InChI=1S/C13H9BrO5/c1-17-12(15)8-2-4-9(5-3-8)18-13(16)10-6-7-11(14)19-10/h2-7H,1H3. The van der Waals surface area contributed by atoms with Gasteiger partial charge < -0.3 is 13.9 Å². The fourth-order valence-electron chi connectivity index (χ4n) is 1.36. The number of hydrogen-bond acceptors (Lipinski definition) is 5. The van der Waals surface area contributed by atoms with Gasteiger partial charge in [-0.1, -0.05) is 0 Å². The molecular formula is C13H9BrO5. The summed E-state index contributed by atoms with van der Waals surface area (Å²) in [4.78, 5) is 22.9. The van der Waals surface area contributed by atoms with Gasteiger partial charge in [0.05, 0.1) is 12.7 Å². The molecule has 0 atom stereocenters. The molecule has 0 N–H and O–H groups in total. The van der Waals surface area contributed by atoms with Gasteiger partial charge in [0.2, 0.25) is 5.76 Å². The number of halogens is 1. The Labute approximate surface area is 117 Å². The molecule has 98 valence electrons. The summed E-state index contributed by atoms with van der Waals surface area (Å²) in [6.45, 7) is 0. The molecule has 0 amide bonds. The highest BCUT2D eigenvalue weighted by Gasteiger charge is 2.13. The second-order valence-corrected chi connectivity index (χ2v) is 4.29. The second kappa shape index (κ2) is 5.71. The Morgan fingerprint density at radius 3 is 2.26 bits per heavy atom. The van der Waals surface area contributed by atoms with Gasteiger partial charge in [-0.3, -0.25) is 0 Å². The van der Waals surface area contributed by atoms with E-state index in [0.717, 1.165) is 0 Å². The Bertz CT molecular complexity index is 600. The minimum absolute atomic E-state index is 0.0870. The largest absolute Gasteiger partial charge is 0.465 e.